The Morgan fingerprint density at radius 3 is 0.931 bits per heavy atom. The van der Waals surface area contributed by atoms with E-state index in [4.69, 9.17) is 25.7 Å². The number of aliphatic hydroxyl groups is 2. The van der Waals surface area contributed by atoms with Crippen molar-refractivity contribution in [1.82, 2.24) is 19.6 Å². The quantitative estimate of drug-likeness (QED) is 0.0791. The molecule has 16 nitrogen and oxygen atoms in total. The van der Waals surface area contributed by atoms with E-state index in [1.807, 2.05) is 174 Å². The monoisotopic (exact) mass is 1220 g/mol. The molecule has 4 aromatic carbocycles. The molecule has 4 saturated heterocycles. The number of likely N-dealkylation sites (tertiary alicyclic amines) is 4. The molecule has 0 radical (unpaired) electrons. The van der Waals surface area contributed by atoms with Gasteiger partial charge >= 0.3 is 65.1 Å². The van der Waals surface area contributed by atoms with Gasteiger partial charge < -0.3 is 55.6 Å². The van der Waals surface area contributed by atoms with Crippen LogP contribution in [-0.4, -0.2) is 115 Å². The van der Waals surface area contributed by atoms with Gasteiger partial charge in [0.15, 0.2) is 0 Å². The summed E-state index contributed by atoms with van der Waals surface area (Å²) in [7, 11) is 0. The summed E-state index contributed by atoms with van der Waals surface area (Å²) in [5.74, 6) is 4.66. The van der Waals surface area contributed by atoms with Crippen LogP contribution in [0.1, 0.15) is 202 Å². The maximum absolute atomic E-state index is 12.9. The van der Waals surface area contributed by atoms with E-state index in [9.17, 15) is 34.2 Å². The minimum Gasteiger partial charge on any atom is -0.553 e. The molecular formula is C69H101N5Na2O11. The average Bonchev–Trinajstić information content (AvgIpc) is 2.12. The molecule has 87 heavy (non-hydrogen) atoms. The molecular weight excluding hydrogens is 1120 g/mol. The summed E-state index contributed by atoms with van der Waals surface area (Å²) >= 11 is 0. The zero-order valence-electron chi connectivity index (χ0n) is 55.5. The second kappa shape index (κ2) is 37.6. The average molecular weight is 1220 g/mol. The molecule has 0 aromatic heterocycles. The minimum atomic E-state index is -1.08. The predicted octanol–water partition coefficient (Wildman–Crippen LogP) is 6.07. The predicted molar refractivity (Wildman–Crippen MR) is 332 cm³/mol. The van der Waals surface area contributed by atoms with E-state index in [1.54, 1.807) is 0 Å². The van der Waals surface area contributed by atoms with E-state index >= 15 is 0 Å². The Morgan fingerprint density at radius 1 is 0.448 bits per heavy atom. The Hall–Kier alpha value is -4.46. The second-order valence-corrected chi connectivity index (χ2v) is 25.6. The number of nitrogens with one attached hydrogen (secondary N) is 1. The fourth-order valence-electron chi connectivity index (χ4n) is 10.8. The Kier molecular flexibility index (Phi) is 34.9. The third-order valence-corrected chi connectivity index (χ3v) is 17.3. The number of nitrogens with zero attached hydrogens (tertiary/aromatic N) is 4. The van der Waals surface area contributed by atoms with E-state index in [2.05, 4.69) is 56.9 Å². The fourth-order valence-corrected chi connectivity index (χ4v) is 10.8. The van der Waals surface area contributed by atoms with Gasteiger partial charge in [0.2, 0.25) is 23.6 Å². The molecule has 0 saturated carbocycles. The number of esters is 1. The smallest absolute Gasteiger partial charge is 0.553 e. The first-order valence-corrected chi connectivity index (χ1v) is 30.3. The summed E-state index contributed by atoms with van der Waals surface area (Å²) in [6, 6.07) is 40.6. The van der Waals surface area contributed by atoms with Crippen LogP contribution < -0.4 is 64.2 Å². The van der Waals surface area contributed by atoms with Crippen LogP contribution >= 0.6 is 0 Å². The van der Waals surface area contributed by atoms with Crippen LogP contribution in [0.15, 0.2) is 121 Å². The number of rotatable bonds is 13. The number of amides is 4. The standard InChI is InChI=1S/C18H25NO3.C17H25NO.2C16H23NO2.C2H4O2.H2NO.2Na/c1-5-18(3,4)17(21)19-12-15(22-13(2)20)11-16(19)14-9-7-6-8-10-14;1-5-17(3,4)16(19)18-12-13(2)11-15(18)14-9-7-6-8-10-14;2*1-4-16(2,3)15(19)17-11-13(18)10-14(17)12-8-6-5-7-9-12;1-2(3)4;1-2;;/h6-10,15-16H,5,11-12H2,1-4H3;6-10,13,15H,5,11-12H2,1-4H3;2*5-9,13-14,18H,4,10-11H2,1-3H3;1H3,(H,3,4);1-2H;;/q;;;;;-1;2*+1/p-1/t15-,16-;13-,15-;2*13-,14-;;;;/m0000..../s1. The molecule has 4 fully saturated rings. The maximum atomic E-state index is 12.9. The normalized spacial score (nSPS) is 21.4. The van der Waals surface area contributed by atoms with Gasteiger partial charge in [0, 0.05) is 60.6 Å². The fraction of sp³-hybridized carbons (Fsp3) is 0.565. The number of β-amino-alcohol motifs (C(OH)–C–C–N with tert-alkyl or cyclic N) is 2. The molecule has 18 heteroatoms. The van der Waals surface area contributed by atoms with Crippen molar-refractivity contribution in [2.45, 2.75) is 198 Å². The molecule has 4 aliphatic heterocycles. The summed E-state index contributed by atoms with van der Waals surface area (Å²) in [5.41, 5.74) is 3.20. The molecule has 8 atom stereocenters. The number of ether oxygens (including phenoxy) is 1. The third-order valence-electron chi connectivity index (χ3n) is 17.3. The number of benzene rings is 4. The number of carbonyl (C=O) groups excluding carboxylic acids is 6. The van der Waals surface area contributed by atoms with Crippen molar-refractivity contribution >= 4 is 35.6 Å². The van der Waals surface area contributed by atoms with Crippen molar-refractivity contribution < 1.29 is 113 Å². The molecule has 4 N–H and O–H groups in total. The second-order valence-electron chi connectivity index (χ2n) is 25.6. The van der Waals surface area contributed by atoms with Gasteiger partial charge in [0.25, 0.3) is 0 Å². The number of carboxylic acids is 1. The first-order valence-electron chi connectivity index (χ1n) is 30.3. The SMILES string of the molecule is CC(=O)[O-].CCC(C)(C)C(=O)N1C[C@@H](C)C[C@H]1c1ccccc1.CCC(C)(C)C(=O)N1C[C@@H](O)C[C@H]1c1ccccc1.CCC(C)(C)C(=O)N1C[C@@H](O)C[C@H]1c1ccccc1.CCC(C)(C)C(=O)N1C[C@@H](OC(C)=O)C[C@H]1c1ccccc1.[NH-]O.[Na+].[Na+]. The summed E-state index contributed by atoms with van der Waals surface area (Å²) < 4.78 is 5.36. The summed E-state index contributed by atoms with van der Waals surface area (Å²) in [5, 5.41) is 35.0. The topological polar surface area (TPSA) is 232 Å². The van der Waals surface area contributed by atoms with Crippen LogP contribution in [0, 0.1) is 27.6 Å². The number of carboxylic acid groups (broad SMARTS) is 1. The first kappa shape index (κ1) is 80.6. The van der Waals surface area contributed by atoms with Gasteiger partial charge in [-0.15, -0.1) is 0 Å². The van der Waals surface area contributed by atoms with Crippen molar-refractivity contribution in [2.75, 3.05) is 26.2 Å². The number of aliphatic hydroxyl groups excluding tert-OH is 2. The van der Waals surface area contributed by atoms with Gasteiger partial charge in [-0.1, -0.05) is 211 Å². The van der Waals surface area contributed by atoms with Crippen LogP contribution in [0.4, 0.5) is 0 Å². The minimum absolute atomic E-state index is 0. The number of hydrogen-bond donors (Lipinski definition) is 3. The molecule has 0 unspecified atom stereocenters. The van der Waals surface area contributed by atoms with Gasteiger partial charge in [-0.25, -0.2) is 0 Å². The van der Waals surface area contributed by atoms with Gasteiger partial charge in [-0.05, 0) is 80.0 Å². The van der Waals surface area contributed by atoms with E-state index < -0.39 is 23.6 Å². The molecule has 4 aliphatic rings. The van der Waals surface area contributed by atoms with E-state index in [1.165, 1.54) is 12.5 Å². The van der Waals surface area contributed by atoms with E-state index in [0.717, 1.165) is 62.3 Å². The molecule has 0 bridgehead atoms. The summed E-state index contributed by atoms with van der Waals surface area (Å²) in [6.07, 6.45) is 5.23. The summed E-state index contributed by atoms with van der Waals surface area (Å²) in [6.45, 7) is 31.0. The van der Waals surface area contributed by atoms with E-state index in [-0.39, 0.29) is 129 Å². The van der Waals surface area contributed by atoms with Crippen LogP contribution in [-0.2, 0) is 33.5 Å². The molecule has 4 amide bonds. The zero-order valence-corrected chi connectivity index (χ0v) is 59.5. The van der Waals surface area contributed by atoms with Gasteiger partial charge in [0.05, 0.1) is 42.9 Å². The molecule has 4 aromatic rings. The Labute approximate surface area is 564 Å². The summed E-state index contributed by atoms with van der Waals surface area (Å²) in [4.78, 5) is 78.8. The van der Waals surface area contributed by atoms with Crippen molar-refractivity contribution in [3.63, 3.8) is 0 Å². The van der Waals surface area contributed by atoms with Crippen LogP contribution in [0.5, 0.6) is 0 Å². The first-order chi connectivity index (χ1) is 39.9. The van der Waals surface area contributed by atoms with Crippen LogP contribution in [0.3, 0.4) is 0 Å². The number of aliphatic carboxylic acids is 1. The molecule has 0 aliphatic carbocycles. The van der Waals surface area contributed by atoms with Crippen molar-refractivity contribution in [2.24, 2.45) is 27.6 Å². The number of hydrogen-bond acceptors (Lipinski definition) is 11. The maximum Gasteiger partial charge on any atom is 1.00 e. The third kappa shape index (κ3) is 23.7. The number of carbonyl (C=O) groups is 6. The Bertz CT molecular complexity index is 2490. The van der Waals surface area contributed by atoms with Crippen LogP contribution in [0.25, 0.3) is 5.90 Å². The largest absolute Gasteiger partial charge is 1.00 e. The van der Waals surface area contributed by atoms with Crippen LogP contribution in [0.2, 0.25) is 0 Å². The van der Waals surface area contributed by atoms with Gasteiger partial charge in [0.1, 0.15) is 6.10 Å². The van der Waals surface area contributed by atoms with E-state index in [0.29, 0.717) is 50.7 Å². The molecule has 0 spiro atoms. The molecule has 8 rings (SSSR count). The van der Waals surface area contributed by atoms with Crippen molar-refractivity contribution in [3.8, 4) is 0 Å². The Morgan fingerprint density at radius 2 is 0.678 bits per heavy atom. The molecule has 4 heterocycles. The Balaban J connectivity index is 0.000000559. The molecule has 470 valence electrons. The van der Waals surface area contributed by atoms with Crippen molar-refractivity contribution in [1.29, 1.82) is 0 Å². The van der Waals surface area contributed by atoms with Gasteiger partial charge in [-0.2, -0.15) is 0 Å². The van der Waals surface area contributed by atoms with Gasteiger partial charge in [-0.3, -0.25) is 24.0 Å². The zero-order chi connectivity index (χ0) is 64.0. The van der Waals surface area contributed by atoms with Crippen molar-refractivity contribution in [3.05, 3.63) is 149 Å².